The smallest absolute Gasteiger partial charge is 0.337 e. The molecule has 2 rings (SSSR count). The van der Waals surface area contributed by atoms with Gasteiger partial charge in [0.2, 0.25) is 0 Å². The average Bonchev–Trinajstić information content (AvgIpc) is 2.71. The number of esters is 2. The first-order chi connectivity index (χ1) is 13.3. The van der Waals surface area contributed by atoms with Crippen LogP contribution in [0.2, 0.25) is 0 Å². The van der Waals surface area contributed by atoms with Crippen LogP contribution in [0.25, 0.3) is 0 Å². The number of ether oxygens (including phenoxy) is 3. The van der Waals surface area contributed by atoms with Crippen LogP contribution in [-0.4, -0.2) is 47.7 Å². The van der Waals surface area contributed by atoms with Gasteiger partial charge in [0.25, 0.3) is 10.0 Å². The van der Waals surface area contributed by atoms with Crippen LogP contribution in [-0.2, 0) is 24.3 Å². The summed E-state index contributed by atoms with van der Waals surface area (Å²) >= 11 is 0. The fourth-order valence-corrected chi connectivity index (χ4v) is 3.80. The molecule has 2 aromatic carbocycles. The number of rotatable bonds is 8. The molecule has 28 heavy (non-hydrogen) atoms. The van der Waals surface area contributed by atoms with Gasteiger partial charge in [-0.15, -0.1) is 0 Å². The van der Waals surface area contributed by atoms with Crippen LogP contribution < -0.4 is 9.04 Å². The molecule has 0 aromatic heterocycles. The van der Waals surface area contributed by atoms with Crippen molar-refractivity contribution >= 4 is 27.6 Å². The zero-order valence-corrected chi connectivity index (χ0v) is 16.6. The highest BCUT2D eigenvalue weighted by Gasteiger charge is 2.28. The molecule has 0 aliphatic carbocycles. The molecule has 0 bridgehead atoms. The van der Waals surface area contributed by atoms with E-state index in [0.717, 1.165) is 4.31 Å². The summed E-state index contributed by atoms with van der Waals surface area (Å²) < 4.78 is 41.8. The number of hydrogen-bond acceptors (Lipinski definition) is 7. The van der Waals surface area contributed by atoms with E-state index in [0.29, 0.717) is 5.75 Å². The highest BCUT2D eigenvalue weighted by atomic mass is 32.2. The normalized spacial score (nSPS) is 10.8. The number of nitrogens with zero attached hydrogens (tertiary/aromatic N) is 1. The van der Waals surface area contributed by atoms with Gasteiger partial charge in [-0.3, -0.25) is 9.10 Å². The first-order valence-corrected chi connectivity index (χ1v) is 9.78. The van der Waals surface area contributed by atoms with E-state index in [2.05, 4.69) is 4.74 Å². The summed E-state index contributed by atoms with van der Waals surface area (Å²) in [5.41, 5.74) is 0.459. The molecule has 150 valence electrons. The second kappa shape index (κ2) is 9.23. The van der Waals surface area contributed by atoms with Crippen LogP contribution >= 0.6 is 0 Å². The van der Waals surface area contributed by atoms with E-state index in [1.807, 2.05) is 0 Å². The Kier molecular flexibility index (Phi) is 7.00. The third kappa shape index (κ3) is 4.80. The number of anilines is 1. The van der Waals surface area contributed by atoms with Crippen molar-refractivity contribution in [1.29, 1.82) is 0 Å². The lowest BCUT2D eigenvalue weighted by atomic mass is 10.2. The maximum absolute atomic E-state index is 13.1. The molecule has 0 saturated carbocycles. The molecule has 0 radical (unpaired) electrons. The summed E-state index contributed by atoms with van der Waals surface area (Å²) in [6, 6.07) is 11.5. The van der Waals surface area contributed by atoms with E-state index < -0.39 is 28.5 Å². The van der Waals surface area contributed by atoms with Crippen LogP contribution in [0.15, 0.2) is 53.4 Å². The summed E-state index contributed by atoms with van der Waals surface area (Å²) in [4.78, 5) is 23.6. The zero-order chi connectivity index (χ0) is 20.7. The lowest BCUT2D eigenvalue weighted by molar-refractivity contribution is -0.141. The fraction of sp³-hybridized carbons (Fsp3) is 0.263. The van der Waals surface area contributed by atoms with Gasteiger partial charge in [0.15, 0.2) is 0 Å². The zero-order valence-electron chi connectivity index (χ0n) is 15.7. The standard InChI is InChI=1S/C19H21NO7S/c1-4-27-18(21)13-20(15-7-5-14(6-8-15)19(22)26-3)28(23,24)17-11-9-16(25-2)10-12-17/h5-12H,4,13H2,1-3H3. The van der Waals surface area contributed by atoms with Gasteiger partial charge >= 0.3 is 11.9 Å². The molecule has 0 aliphatic heterocycles. The van der Waals surface area contributed by atoms with Crippen molar-refractivity contribution in [2.24, 2.45) is 0 Å². The average molecular weight is 407 g/mol. The number of sulfonamides is 1. The molecular weight excluding hydrogens is 386 g/mol. The lowest BCUT2D eigenvalue weighted by Crippen LogP contribution is -2.36. The Morgan fingerprint density at radius 1 is 0.964 bits per heavy atom. The Bertz CT molecular complexity index is 922. The molecule has 0 unspecified atom stereocenters. The fourth-order valence-electron chi connectivity index (χ4n) is 2.40. The minimum Gasteiger partial charge on any atom is -0.497 e. The predicted molar refractivity (Wildman–Crippen MR) is 102 cm³/mol. The molecule has 0 saturated heterocycles. The van der Waals surface area contributed by atoms with Crippen molar-refractivity contribution in [1.82, 2.24) is 0 Å². The summed E-state index contributed by atoms with van der Waals surface area (Å²) in [5.74, 6) is -0.753. The van der Waals surface area contributed by atoms with Crippen molar-refractivity contribution < 1.29 is 32.2 Å². The van der Waals surface area contributed by atoms with Crippen LogP contribution in [0, 0.1) is 0 Å². The summed E-state index contributed by atoms with van der Waals surface area (Å²) in [5, 5.41) is 0. The van der Waals surface area contributed by atoms with Gasteiger partial charge in [-0.1, -0.05) is 0 Å². The quantitative estimate of drug-likeness (QED) is 0.619. The van der Waals surface area contributed by atoms with Gasteiger partial charge in [0, 0.05) is 0 Å². The number of benzene rings is 2. The second-order valence-corrected chi connectivity index (χ2v) is 7.39. The monoisotopic (exact) mass is 407 g/mol. The minimum absolute atomic E-state index is 0.0188. The van der Waals surface area contributed by atoms with Crippen LogP contribution in [0.1, 0.15) is 17.3 Å². The van der Waals surface area contributed by atoms with E-state index in [4.69, 9.17) is 9.47 Å². The SMILES string of the molecule is CCOC(=O)CN(c1ccc(C(=O)OC)cc1)S(=O)(=O)c1ccc(OC)cc1. The molecule has 9 heteroatoms. The van der Waals surface area contributed by atoms with Gasteiger partial charge < -0.3 is 14.2 Å². The molecule has 0 amide bonds. The molecule has 0 spiro atoms. The molecule has 0 atom stereocenters. The Balaban J connectivity index is 2.45. The molecule has 0 aliphatic rings. The van der Waals surface area contributed by atoms with Gasteiger partial charge in [0.1, 0.15) is 12.3 Å². The summed E-state index contributed by atoms with van der Waals surface area (Å²) in [7, 11) is -1.35. The molecule has 8 nitrogen and oxygen atoms in total. The van der Waals surface area contributed by atoms with Crippen molar-refractivity contribution in [2.75, 3.05) is 31.7 Å². The van der Waals surface area contributed by atoms with E-state index in [1.54, 1.807) is 6.92 Å². The van der Waals surface area contributed by atoms with E-state index in [-0.39, 0.29) is 22.8 Å². The molecule has 0 heterocycles. The topological polar surface area (TPSA) is 99.2 Å². The van der Waals surface area contributed by atoms with Crippen LogP contribution in [0.5, 0.6) is 5.75 Å². The number of hydrogen-bond donors (Lipinski definition) is 0. The van der Waals surface area contributed by atoms with Gasteiger partial charge in [-0.05, 0) is 55.5 Å². The molecule has 2 aromatic rings. The lowest BCUT2D eigenvalue weighted by Gasteiger charge is -2.24. The van der Waals surface area contributed by atoms with E-state index in [9.17, 15) is 18.0 Å². The van der Waals surface area contributed by atoms with Crippen LogP contribution in [0.3, 0.4) is 0 Å². The van der Waals surface area contributed by atoms with E-state index >= 15 is 0 Å². The highest BCUT2D eigenvalue weighted by molar-refractivity contribution is 7.92. The first-order valence-electron chi connectivity index (χ1n) is 8.34. The number of carbonyl (C=O) groups excluding carboxylic acids is 2. The molecule has 0 fully saturated rings. The van der Waals surface area contributed by atoms with Crippen molar-refractivity contribution in [3.8, 4) is 5.75 Å². The maximum Gasteiger partial charge on any atom is 0.337 e. The number of methoxy groups -OCH3 is 2. The third-order valence-corrected chi connectivity index (χ3v) is 5.59. The summed E-state index contributed by atoms with van der Waals surface area (Å²) in [6.07, 6.45) is 0. The largest absolute Gasteiger partial charge is 0.497 e. The Hall–Kier alpha value is -3.07. The van der Waals surface area contributed by atoms with Crippen molar-refractivity contribution in [2.45, 2.75) is 11.8 Å². The maximum atomic E-state index is 13.1. The Labute approximate surface area is 163 Å². The third-order valence-electron chi connectivity index (χ3n) is 3.80. The van der Waals surface area contributed by atoms with Gasteiger partial charge in [-0.25, -0.2) is 13.2 Å². The highest BCUT2D eigenvalue weighted by Crippen LogP contribution is 2.25. The molecular formula is C19H21NO7S. The first kappa shape index (κ1) is 21.2. The Morgan fingerprint density at radius 2 is 1.57 bits per heavy atom. The van der Waals surface area contributed by atoms with Gasteiger partial charge in [-0.2, -0.15) is 0 Å². The van der Waals surface area contributed by atoms with Crippen LogP contribution in [0.4, 0.5) is 5.69 Å². The summed E-state index contributed by atoms with van der Waals surface area (Å²) in [6.45, 7) is 1.24. The molecule has 0 N–H and O–H groups in total. The predicted octanol–water partition coefficient (Wildman–Crippen LogP) is 2.24. The Morgan fingerprint density at radius 3 is 2.07 bits per heavy atom. The van der Waals surface area contributed by atoms with Crippen molar-refractivity contribution in [3.63, 3.8) is 0 Å². The van der Waals surface area contributed by atoms with Gasteiger partial charge in [0.05, 0.1) is 37.0 Å². The van der Waals surface area contributed by atoms with E-state index in [1.165, 1.54) is 62.8 Å². The minimum atomic E-state index is -4.07. The number of carbonyl (C=O) groups is 2. The van der Waals surface area contributed by atoms with Crippen molar-refractivity contribution in [3.05, 3.63) is 54.1 Å². The second-order valence-electron chi connectivity index (χ2n) is 5.53.